The molecule has 0 radical (unpaired) electrons. The second kappa shape index (κ2) is 7.20. The van der Waals surface area contributed by atoms with E-state index < -0.39 is 0 Å². The van der Waals surface area contributed by atoms with Crippen LogP contribution in [0.3, 0.4) is 0 Å². The molecule has 0 aliphatic heterocycles. The van der Waals surface area contributed by atoms with Gasteiger partial charge in [0, 0.05) is 28.1 Å². The van der Waals surface area contributed by atoms with Crippen molar-refractivity contribution in [3.8, 4) is 0 Å². The SMILES string of the molecule is CC1CCC(NC(=O)CCSc2ccc(Cl)cc2)C1. The number of carbonyl (C=O) groups excluding carboxylic acids is 1. The Kier molecular flexibility index (Phi) is 5.59. The summed E-state index contributed by atoms with van der Waals surface area (Å²) in [5.41, 5.74) is 0. The summed E-state index contributed by atoms with van der Waals surface area (Å²) in [4.78, 5) is 13.0. The van der Waals surface area contributed by atoms with Crippen molar-refractivity contribution in [1.29, 1.82) is 0 Å². The van der Waals surface area contributed by atoms with E-state index in [1.165, 1.54) is 6.42 Å². The minimum atomic E-state index is 0.181. The third-order valence-electron chi connectivity index (χ3n) is 3.47. The molecule has 0 aromatic heterocycles. The lowest BCUT2D eigenvalue weighted by atomic mass is 10.1. The van der Waals surface area contributed by atoms with Crippen LogP contribution >= 0.6 is 23.4 Å². The van der Waals surface area contributed by atoms with Gasteiger partial charge in [-0.25, -0.2) is 0 Å². The Bertz CT molecular complexity index is 421. The topological polar surface area (TPSA) is 29.1 Å². The van der Waals surface area contributed by atoms with E-state index in [0.29, 0.717) is 12.5 Å². The van der Waals surface area contributed by atoms with Crippen LogP contribution in [0.15, 0.2) is 29.2 Å². The maximum atomic E-state index is 11.8. The van der Waals surface area contributed by atoms with Gasteiger partial charge in [-0.2, -0.15) is 0 Å². The Balaban J connectivity index is 1.65. The molecule has 4 heteroatoms. The highest BCUT2D eigenvalue weighted by Gasteiger charge is 2.22. The summed E-state index contributed by atoms with van der Waals surface area (Å²) in [5.74, 6) is 1.75. The molecule has 1 aromatic carbocycles. The average Bonchev–Trinajstić information content (AvgIpc) is 2.77. The van der Waals surface area contributed by atoms with Gasteiger partial charge in [-0.1, -0.05) is 18.5 Å². The van der Waals surface area contributed by atoms with Crippen molar-refractivity contribution in [2.45, 2.75) is 43.5 Å². The van der Waals surface area contributed by atoms with Gasteiger partial charge in [-0.15, -0.1) is 11.8 Å². The van der Waals surface area contributed by atoms with Crippen LogP contribution in [-0.4, -0.2) is 17.7 Å². The minimum Gasteiger partial charge on any atom is -0.353 e. The van der Waals surface area contributed by atoms with E-state index >= 15 is 0 Å². The molecule has 1 amide bonds. The lowest BCUT2D eigenvalue weighted by Gasteiger charge is -2.12. The second-order valence-electron chi connectivity index (χ2n) is 5.24. The zero-order valence-corrected chi connectivity index (χ0v) is 12.8. The summed E-state index contributed by atoms with van der Waals surface area (Å²) >= 11 is 7.53. The Hall–Kier alpha value is -0.670. The molecule has 1 aromatic rings. The van der Waals surface area contributed by atoms with E-state index in [-0.39, 0.29) is 5.91 Å². The van der Waals surface area contributed by atoms with Crippen LogP contribution in [0.4, 0.5) is 0 Å². The summed E-state index contributed by atoms with van der Waals surface area (Å²) in [6.45, 7) is 2.25. The van der Waals surface area contributed by atoms with Crippen LogP contribution in [0.5, 0.6) is 0 Å². The predicted molar refractivity (Wildman–Crippen MR) is 81.7 cm³/mol. The van der Waals surface area contributed by atoms with Gasteiger partial charge in [0.25, 0.3) is 0 Å². The van der Waals surface area contributed by atoms with E-state index in [4.69, 9.17) is 11.6 Å². The van der Waals surface area contributed by atoms with Gasteiger partial charge in [0.05, 0.1) is 0 Å². The van der Waals surface area contributed by atoms with Crippen molar-refractivity contribution >= 4 is 29.3 Å². The molecule has 1 aliphatic carbocycles. The molecule has 1 N–H and O–H groups in total. The first kappa shape index (κ1) is 14.7. The summed E-state index contributed by atoms with van der Waals surface area (Å²) in [6, 6.07) is 8.14. The third kappa shape index (κ3) is 5.07. The summed E-state index contributed by atoms with van der Waals surface area (Å²) in [6.07, 6.45) is 4.09. The molecule has 0 heterocycles. The fourth-order valence-corrected chi connectivity index (χ4v) is 3.41. The minimum absolute atomic E-state index is 0.181. The smallest absolute Gasteiger partial charge is 0.221 e. The molecule has 1 fully saturated rings. The first-order valence-electron chi connectivity index (χ1n) is 6.81. The van der Waals surface area contributed by atoms with Gasteiger partial charge in [0.1, 0.15) is 0 Å². The van der Waals surface area contributed by atoms with Gasteiger partial charge >= 0.3 is 0 Å². The molecule has 19 heavy (non-hydrogen) atoms. The summed E-state index contributed by atoms with van der Waals surface area (Å²) < 4.78 is 0. The highest BCUT2D eigenvalue weighted by atomic mass is 35.5. The Morgan fingerprint density at radius 2 is 2.11 bits per heavy atom. The number of carbonyl (C=O) groups is 1. The monoisotopic (exact) mass is 297 g/mol. The van der Waals surface area contributed by atoms with Crippen molar-refractivity contribution in [2.24, 2.45) is 5.92 Å². The number of halogens is 1. The molecular formula is C15H20ClNOS. The molecule has 104 valence electrons. The number of thioether (sulfide) groups is 1. The molecular weight excluding hydrogens is 278 g/mol. The third-order valence-corrected chi connectivity index (χ3v) is 4.74. The van der Waals surface area contributed by atoms with Gasteiger partial charge < -0.3 is 5.32 Å². The van der Waals surface area contributed by atoms with Crippen molar-refractivity contribution < 1.29 is 4.79 Å². The lowest BCUT2D eigenvalue weighted by Crippen LogP contribution is -2.33. The molecule has 0 saturated heterocycles. The molecule has 2 rings (SSSR count). The van der Waals surface area contributed by atoms with E-state index in [1.807, 2.05) is 24.3 Å². The van der Waals surface area contributed by atoms with Crippen molar-refractivity contribution in [1.82, 2.24) is 5.32 Å². The Labute approximate surface area is 124 Å². The first-order chi connectivity index (χ1) is 9.13. The van der Waals surface area contributed by atoms with Crippen molar-refractivity contribution in [2.75, 3.05) is 5.75 Å². The highest BCUT2D eigenvalue weighted by molar-refractivity contribution is 7.99. The van der Waals surface area contributed by atoms with Crippen LogP contribution in [0, 0.1) is 5.92 Å². The normalized spacial score (nSPS) is 22.4. The molecule has 1 saturated carbocycles. The molecule has 1 aliphatic rings. The van der Waals surface area contributed by atoms with Crippen LogP contribution < -0.4 is 5.32 Å². The lowest BCUT2D eigenvalue weighted by molar-refractivity contribution is -0.121. The second-order valence-corrected chi connectivity index (χ2v) is 6.84. The number of benzene rings is 1. The molecule has 0 spiro atoms. The predicted octanol–water partition coefficient (Wildman–Crippen LogP) is 4.13. The standard InChI is InChI=1S/C15H20ClNOS/c1-11-2-5-13(10-11)17-15(18)8-9-19-14-6-3-12(16)4-7-14/h3-4,6-7,11,13H,2,5,8-10H2,1H3,(H,17,18). The van der Waals surface area contributed by atoms with Crippen LogP contribution in [0.2, 0.25) is 5.02 Å². The average molecular weight is 298 g/mol. The molecule has 2 unspecified atom stereocenters. The van der Waals surface area contributed by atoms with Gasteiger partial charge in [-0.3, -0.25) is 4.79 Å². The maximum Gasteiger partial charge on any atom is 0.221 e. The van der Waals surface area contributed by atoms with E-state index in [9.17, 15) is 4.79 Å². The summed E-state index contributed by atoms with van der Waals surface area (Å²) in [5, 5.41) is 3.88. The largest absolute Gasteiger partial charge is 0.353 e. The van der Waals surface area contributed by atoms with Crippen LogP contribution in [0.1, 0.15) is 32.6 Å². The number of amides is 1. The Morgan fingerprint density at radius 3 is 2.74 bits per heavy atom. The maximum absolute atomic E-state index is 11.8. The highest BCUT2D eigenvalue weighted by Crippen LogP contribution is 2.25. The van der Waals surface area contributed by atoms with Gasteiger partial charge in [0.2, 0.25) is 5.91 Å². The number of hydrogen-bond acceptors (Lipinski definition) is 2. The quantitative estimate of drug-likeness (QED) is 0.828. The fraction of sp³-hybridized carbons (Fsp3) is 0.533. The fourth-order valence-electron chi connectivity index (χ4n) is 2.43. The van der Waals surface area contributed by atoms with E-state index in [1.54, 1.807) is 11.8 Å². The zero-order valence-electron chi connectivity index (χ0n) is 11.2. The number of nitrogens with one attached hydrogen (secondary N) is 1. The van der Waals surface area contributed by atoms with E-state index in [0.717, 1.165) is 34.4 Å². The van der Waals surface area contributed by atoms with Crippen molar-refractivity contribution in [3.05, 3.63) is 29.3 Å². The van der Waals surface area contributed by atoms with E-state index in [2.05, 4.69) is 12.2 Å². The Morgan fingerprint density at radius 1 is 1.37 bits per heavy atom. The van der Waals surface area contributed by atoms with Crippen LogP contribution in [-0.2, 0) is 4.79 Å². The number of rotatable bonds is 5. The van der Waals surface area contributed by atoms with Gasteiger partial charge in [-0.05, 0) is 49.4 Å². The zero-order chi connectivity index (χ0) is 13.7. The molecule has 2 atom stereocenters. The molecule has 0 bridgehead atoms. The molecule has 2 nitrogen and oxygen atoms in total. The van der Waals surface area contributed by atoms with Crippen LogP contribution in [0.25, 0.3) is 0 Å². The van der Waals surface area contributed by atoms with Crippen molar-refractivity contribution in [3.63, 3.8) is 0 Å². The first-order valence-corrected chi connectivity index (χ1v) is 8.17. The summed E-state index contributed by atoms with van der Waals surface area (Å²) in [7, 11) is 0. The number of hydrogen-bond donors (Lipinski definition) is 1. The van der Waals surface area contributed by atoms with Gasteiger partial charge in [0.15, 0.2) is 0 Å².